The molecule has 120 valence electrons. The summed E-state index contributed by atoms with van der Waals surface area (Å²) in [5.41, 5.74) is 7.90. The zero-order valence-electron chi connectivity index (χ0n) is 14.7. The molecular weight excluding hydrogens is 274 g/mol. The summed E-state index contributed by atoms with van der Waals surface area (Å²) in [4.78, 5) is 0. The quantitative estimate of drug-likeness (QED) is 0.386. The smallest absolute Gasteiger partial charge is 0.192 e. The maximum atomic E-state index is 6.67. The molecular formula is C18H33NOSi. The summed E-state index contributed by atoms with van der Waals surface area (Å²) in [6.45, 7) is 13.8. The zero-order chi connectivity index (χ0) is 16.1. The topological polar surface area (TPSA) is 35.2 Å². The number of anilines is 1. The summed E-state index contributed by atoms with van der Waals surface area (Å²) in [5.74, 6) is 0. The van der Waals surface area contributed by atoms with E-state index in [2.05, 4.69) is 52.9 Å². The second-order valence-corrected chi connectivity index (χ2v) is 12.3. The molecule has 1 rings (SSSR count). The van der Waals surface area contributed by atoms with Gasteiger partial charge in [-0.05, 0) is 42.2 Å². The van der Waals surface area contributed by atoms with Gasteiger partial charge in [0.1, 0.15) is 0 Å². The van der Waals surface area contributed by atoms with Gasteiger partial charge in [-0.3, -0.25) is 0 Å². The van der Waals surface area contributed by atoms with Crippen molar-refractivity contribution in [3.05, 3.63) is 29.8 Å². The van der Waals surface area contributed by atoms with Gasteiger partial charge in [0.05, 0.1) is 6.10 Å². The monoisotopic (exact) mass is 307 g/mol. The van der Waals surface area contributed by atoms with Gasteiger partial charge in [-0.15, -0.1) is 0 Å². The van der Waals surface area contributed by atoms with E-state index in [1.54, 1.807) is 0 Å². The molecule has 0 saturated heterocycles. The van der Waals surface area contributed by atoms with Gasteiger partial charge in [-0.25, -0.2) is 0 Å². The Bertz CT molecular complexity index is 420. The van der Waals surface area contributed by atoms with E-state index in [1.807, 2.05) is 12.1 Å². The molecule has 21 heavy (non-hydrogen) atoms. The lowest BCUT2D eigenvalue weighted by Gasteiger charge is -2.39. The molecule has 0 saturated carbocycles. The summed E-state index contributed by atoms with van der Waals surface area (Å²) in [6.07, 6.45) is 5.05. The van der Waals surface area contributed by atoms with Gasteiger partial charge in [0.15, 0.2) is 8.32 Å². The highest BCUT2D eigenvalue weighted by atomic mass is 28.4. The molecule has 0 aromatic heterocycles. The van der Waals surface area contributed by atoms with E-state index in [-0.39, 0.29) is 11.1 Å². The molecule has 0 aliphatic heterocycles. The van der Waals surface area contributed by atoms with Crippen molar-refractivity contribution < 1.29 is 4.43 Å². The van der Waals surface area contributed by atoms with Gasteiger partial charge in [0.25, 0.3) is 0 Å². The van der Waals surface area contributed by atoms with Crippen LogP contribution in [0.5, 0.6) is 0 Å². The first-order chi connectivity index (χ1) is 9.67. The Hall–Kier alpha value is -0.803. The van der Waals surface area contributed by atoms with Crippen LogP contribution < -0.4 is 5.73 Å². The van der Waals surface area contributed by atoms with Gasteiger partial charge < -0.3 is 10.2 Å². The lowest BCUT2D eigenvalue weighted by Crippen LogP contribution is -2.41. The number of hydrogen-bond donors (Lipinski definition) is 1. The van der Waals surface area contributed by atoms with Crippen LogP contribution in [0.15, 0.2) is 24.3 Å². The highest BCUT2D eigenvalue weighted by Crippen LogP contribution is 2.41. The Morgan fingerprint density at radius 1 is 1.10 bits per heavy atom. The van der Waals surface area contributed by atoms with Crippen LogP contribution in [0.1, 0.15) is 65.0 Å². The Morgan fingerprint density at radius 3 is 2.14 bits per heavy atom. The molecule has 1 aromatic rings. The third-order valence-corrected chi connectivity index (χ3v) is 9.11. The highest BCUT2D eigenvalue weighted by molar-refractivity contribution is 6.74. The van der Waals surface area contributed by atoms with E-state index in [0.717, 1.165) is 12.1 Å². The molecule has 0 amide bonds. The minimum absolute atomic E-state index is 0.207. The van der Waals surface area contributed by atoms with Gasteiger partial charge in [-0.2, -0.15) is 0 Å². The third-order valence-electron chi connectivity index (χ3n) is 4.62. The standard InChI is InChI=1S/C18H33NOSi/c1-7-8-9-10-17(15-11-13-16(19)14-12-15)20-21(5,6)18(2,3)4/h11-14,17H,7-10,19H2,1-6H3. The van der Waals surface area contributed by atoms with E-state index in [1.165, 1.54) is 24.8 Å². The predicted octanol–water partition coefficient (Wildman–Crippen LogP) is 5.91. The van der Waals surface area contributed by atoms with Crippen molar-refractivity contribution in [2.24, 2.45) is 0 Å². The van der Waals surface area contributed by atoms with Crippen molar-refractivity contribution in [3.63, 3.8) is 0 Å². The van der Waals surface area contributed by atoms with Crippen molar-refractivity contribution in [1.82, 2.24) is 0 Å². The number of nitrogen functional groups attached to an aromatic ring is 1. The van der Waals surface area contributed by atoms with Crippen molar-refractivity contribution in [3.8, 4) is 0 Å². The SMILES string of the molecule is CCCCCC(O[Si](C)(C)C(C)(C)C)c1ccc(N)cc1. The maximum Gasteiger partial charge on any atom is 0.192 e. The molecule has 0 aliphatic carbocycles. The fraction of sp³-hybridized carbons (Fsp3) is 0.667. The van der Waals surface area contributed by atoms with E-state index < -0.39 is 8.32 Å². The lowest BCUT2D eigenvalue weighted by atomic mass is 10.0. The number of unbranched alkanes of at least 4 members (excludes halogenated alkanes) is 2. The van der Waals surface area contributed by atoms with Gasteiger partial charge in [0, 0.05) is 5.69 Å². The van der Waals surface area contributed by atoms with Crippen molar-refractivity contribution >= 4 is 14.0 Å². The first-order valence-corrected chi connectivity index (χ1v) is 11.1. The van der Waals surface area contributed by atoms with Crippen LogP contribution in [0.4, 0.5) is 5.69 Å². The average Bonchev–Trinajstić information content (AvgIpc) is 2.37. The zero-order valence-corrected chi connectivity index (χ0v) is 15.7. The van der Waals surface area contributed by atoms with Crippen LogP contribution >= 0.6 is 0 Å². The van der Waals surface area contributed by atoms with Gasteiger partial charge >= 0.3 is 0 Å². The summed E-state index contributed by atoms with van der Waals surface area (Å²) in [6, 6.07) is 8.21. The molecule has 0 spiro atoms. The lowest BCUT2D eigenvalue weighted by molar-refractivity contribution is 0.170. The second-order valence-electron chi connectivity index (χ2n) is 7.53. The Balaban J connectivity index is 2.89. The Labute approximate surface area is 132 Å². The predicted molar refractivity (Wildman–Crippen MR) is 96.0 cm³/mol. The molecule has 0 fully saturated rings. The second kappa shape index (κ2) is 7.46. The first kappa shape index (κ1) is 18.2. The van der Waals surface area contributed by atoms with E-state index >= 15 is 0 Å². The molecule has 1 atom stereocenters. The summed E-state index contributed by atoms with van der Waals surface area (Å²) >= 11 is 0. The molecule has 2 N–H and O–H groups in total. The van der Waals surface area contributed by atoms with E-state index in [4.69, 9.17) is 10.2 Å². The molecule has 0 bridgehead atoms. The van der Waals surface area contributed by atoms with Crippen LogP contribution in [0.2, 0.25) is 18.1 Å². The van der Waals surface area contributed by atoms with Crippen LogP contribution in [0.25, 0.3) is 0 Å². The largest absolute Gasteiger partial charge is 0.410 e. The molecule has 0 aliphatic rings. The van der Waals surface area contributed by atoms with E-state index in [0.29, 0.717) is 0 Å². The summed E-state index contributed by atoms with van der Waals surface area (Å²) in [5, 5.41) is 0.240. The first-order valence-electron chi connectivity index (χ1n) is 8.20. The summed E-state index contributed by atoms with van der Waals surface area (Å²) in [7, 11) is -1.76. The molecule has 0 heterocycles. The minimum Gasteiger partial charge on any atom is -0.410 e. The highest BCUT2D eigenvalue weighted by Gasteiger charge is 2.39. The van der Waals surface area contributed by atoms with Gasteiger partial charge in [0.2, 0.25) is 0 Å². The molecule has 1 aromatic carbocycles. The van der Waals surface area contributed by atoms with Crippen LogP contribution in [0, 0.1) is 0 Å². The van der Waals surface area contributed by atoms with E-state index in [9.17, 15) is 0 Å². The minimum atomic E-state index is -1.76. The van der Waals surface area contributed by atoms with Crippen LogP contribution in [-0.4, -0.2) is 8.32 Å². The summed E-state index contributed by atoms with van der Waals surface area (Å²) < 4.78 is 6.67. The van der Waals surface area contributed by atoms with Gasteiger partial charge in [-0.1, -0.05) is 59.1 Å². The fourth-order valence-electron chi connectivity index (χ4n) is 2.12. The average molecular weight is 308 g/mol. The number of benzene rings is 1. The number of hydrogen-bond acceptors (Lipinski definition) is 2. The normalized spacial score (nSPS) is 14.2. The van der Waals surface area contributed by atoms with Crippen molar-refractivity contribution in [2.75, 3.05) is 5.73 Å². The number of nitrogens with two attached hydrogens (primary N) is 1. The van der Waals surface area contributed by atoms with Crippen molar-refractivity contribution in [2.45, 2.75) is 77.6 Å². The maximum absolute atomic E-state index is 6.67. The van der Waals surface area contributed by atoms with Crippen LogP contribution in [0.3, 0.4) is 0 Å². The Kier molecular flexibility index (Phi) is 6.48. The molecule has 1 unspecified atom stereocenters. The fourth-order valence-corrected chi connectivity index (χ4v) is 3.44. The van der Waals surface area contributed by atoms with Crippen LogP contribution in [-0.2, 0) is 4.43 Å². The number of rotatable bonds is 7. The third kappa shape index (κ3) is 5.48. The molecule has 2 nitrogen and oxygen atoms in total. The molecule has 3 heteroatoms. The van der Waals surface area contributed by atoms with Crippen molar-refractivity contribution in [1.29, 1.82) is 0 Å². The Morgan fingerprint density at radius 2 is 1.67 bits per heavy atom. The molecule has 0 radical (unpaired) electrons.